The number of aryl methyl sites for hydroxylation is 1. The normalized spacial score (nSPS) is 10.5. The number of carbonyl (C=O) groups excluding carboxylic acids is 2. The van der Waals surface area contributed by atoms with Crippen LogP contribution in [0.3, 0.4) is 0 Å². The molecule has 1 rings (SSSR count). The minimum Gasteiger partial charge on any atom is -0.452 e. The Bertz CT molecular complexity index is 497. The lowest BCUT2D eigenvalue weighted by molar-refractivity contribution is -0.142. The first-order valence-corrected chi connectivity index (χ1v) is 6.30. The lowest BCUT2D eigenvalue weighted by atomic mass is 10.2. The van der Waals surface area contributed by atoms with Crippen molar-refractivity contribution in [2.24, 2.45) is 0 Å². The molecule has 1 N–H and O–H groups in total. The summed E-state index contributed by atoms with van der Waals surface area (Å²) < 4.78 is 4.76. The zero-order valence-electron chi connectivity index (χ0n) is 10.9. The smallest absolute Gasteiger partial charge is 0.330 e. The van der Waals surface area contributed by atoms with E-state index < -0.39 is 11.9 Å². The summed E-state index contributed by atoms with van der Waals surface area (Å²) in [6.45, 7) is 3.46. The lowest BCUT2D eigenvalue weighted by Crippen LogP contribution is -2.20. The van der Waals surface area contributed by atoms with Crippen LogP contribution >= 0.6 is 11.6 Å². The SMILES string of the molecule is CC/C=C/C(=O)OCC(=O)Nc1ccc(C)cc1Cl. The molecule has 4 nitrogen and oxygen atoms in total. The standard InChI is InChI=1S/C14H16ClNO3/c1-3-4-5-14(18)19-9-13(17)16-12-7-6-10(2)8-11(12)15/h4-8H,3,9H2,1-2H3,(H,16,17)/b5-4+. The molecule has 0 spiro atoms. The average molecular weight is 282 g/mol. The van der Waals surface area contributed by atoms with Gasteiger partial charge in [-0.2, -0.15) is 0 Å². The molecule has 19 heavy (non-hydrogen) atoms. The highest BCUT2D eigenvalue weighted by molar-refractivity contribution is 6.33. The van der Waals surface area contributed by atoms with Crippen molar-refractivity contribution in [1.29, 1.82) is 0 Å². The molecule has 0 aromatic heterocycles. The van der Waals surface area contributed by atoms with E-state index in [1.165, 1.54) is 6.08 Å². The van der Waals surface area contributed by atoms with E-state index >= 15 is 0 Å². The second kappa shape index (κ2) is 7.59. The van der Waals surface area contributed by atoms with Gasteiger partial charge in [0, 0.05) is 6.08 Å². The Morgan fingerprint density at radius 3 is 2.79 bits per heavy atom. The molecule has 0 aliphatic carbocycles. The number of nitrogens with one attached hydrogen (secondary N) is 1. The lowest BCUT2D eigenvalue weighted by Gasteiger charge is -2.07. The first kappa shape index (κ1) is 15.2. The number of hydrogen-bond donors (Lipinski definition) is 1. The molecule has 102 valence electrons. The van der Waals surface area contributed by atoms with Gasteiger partial charge in [-0.1, -0.05) is 30.7 Å². The predicted molar refractivity (Wildman–Crippen MR) is 75.2 cm³/mol. The van der Waals surface area contributed by atoms with Crippen molar-refractivity contribution in [2.75, 3.05) is 11.9 Å². The maximum atomic E-state index is 11.6. The monoisotopic (exact) mass is 281 g/mol. The molecule has 0 aliphatic rings. The number of hydrogen-bond acceptors (Lipinski definition) is 3. The zero-order valence-corrected chi connectivity index (χ0v) is 11.7. The molecule has 0 aliphatic heterocycles. The summed E-state index contributed by atoms with van der Waals surface area (Å²) in [5.74, 6) is -0.962. The van der Waals surface area contributed by atoms with Crippen molar-refractivity contribution >= 4 is 29.2 Å². The van der Waals surface area contributed by atoms with E-state index in [4.69, 9.17) is 16.3 Å². The number of amides is 1. The maximum Gasteiger partial charge on any atom is 0.330 e. The first-order chi connectivity index (χ1) is 9.02. The maximum absolute atomic E-state index is 11.6. The Balaban J connectivity index is 2.47. The third kappa shape index (κ3) is 5.57. The Kier molecular flexibility index (Phi) is 6.09. The fourth-order valence-corrected chi connectivity index (χ4v) is 1.59. The van der Waals surface area contributed by atoms with E-state index in [1.54, 1.807) is 18.2 Å². The number of esters is 1. The molecule has 1 aromatic rings. The fourth-order valence-electron chi connectivity index (χ4n) is 1.31. The predicted octanol–water partition coefficient (Wildman–Crippen LogP) is 3.10. The first-order valence-electron chi connectivity index (χ1n) is 5.92. The summed E-state index contributed by atoms with van der Waals surface area (Å²) in [6, 6.07) is 5.28. The summed E-state index contributed by atoms with van der Waals surface area (Å²) in [4.78, 5) is 22.7. The third-order valence-corrected chi connectivity index (χ3v) is 2.55. The van der Waals surface area contributed by atoms with Gasteiger partial charge in [0.1, 0.15) is 0 Å². The minimum absolute atomic E-state index is 0.336. The summed E-state index contributed by atoms with van der Waals surface area (Å²) in [5, 5.41) is 3.03. The molecular formula is C14H16ClNO3. The van der Waals surface area contributed by atoms with Crippen LogP contribution in [0.25, 0.3) is 0 Å². The van der Waals surface area contributed by atoms with Crippen molar-refractivity contribution in [2.45, 2.75) is 20.3 Å². The van der Waals surface area contributed by atoms with E-state index in [9.17, 15) is 9.59 Å². The highest BCUT2D eigenvalue weighted by Crippen LogP contribution is 2.22. The van der Waals surface area contributed by atoms with E-state index in [1.807, 2.05) is 19.9 Å². The molecule has 1 aromatic carbocycles. The fraction of sp³-hybridized carbons (Fsp3) is 0.286. The molecule has 0 saturated heterocycles. The number of carbonyl (C=O) groups is 2. The van der Waals surface area contributed by atoms with Gasteiger partial charge in [-0.05, 0) is 31.0 Å². The second-order valence-corrected chi connectivity index (χ2v) is 4.36. The number of ether oxygens (including phenoxy) is 1. The van der Waals surface area contributed by atoms with E-state index in [0.29, 0.717) is 10.7 Å². The van der Waals surface area contributed by atoms with Crippen molar-refractivity contribution in [3.05, 3.63) is 40.9 Å². The highest BCUT2D eigenvalue weighted by Gasteiger charge is 2.08. The van der Waals surface area contributed by atoms with Crippen molar-refractivity contribution < 1.29 is 14.3 Å². The number of rotatable bonds is 5. The van der Waals surface area contributed by atoms with Gasteiger partial charge in [-0.15, -0.1) is 0 Å². The van der Waals surface area contributed by atoms with Crippen LogP contribution in [0.5, 0.6) is 0 Å². The molecule has 1 amide bonds. The zero-order chi connectivity index (χ0) is 14.3. The molecule has 0 saturated carbocycles. The largest absolute Gasteiger partial charge is 0.452 e. The molecule has 5 heteroatoms. The Labute approximate surface area is 117 Å². The summed E-state index contributed by atoms with van der Waals surface area (Å²) in [6.07, 6.45) is 3.70. The van der Waals surface area contributed by atoms with Crippen LogP contribution in [0.15, 0.2) is 30.4 Å². The van der Waals surface area contributed by atoms with Crippen LogP contribution in [0.1, 0.15) is 18.9 Å². The van der Waals surface area contributed by atoms with Crippen molar-refractivity contribution in [3.63, 3.8) is 0 Å². The summed E-state index contributed by atoms with van der Waals surface area (Å²) in [7, 11) is 0. The minimum atomic E-state index is -0.535. The van der Waals surface area contributed by atoms with Crippen molar-refractivity contribution in [3.8, 4) is 0 Å². The van der Waals surface area contributed by atoms with Crippen LogP contribution in [0, 0.1) is 6.92 Å². The number of anilines is 1. The number of allylic oxidation sites excluding steroid dienone is 1. The summed E-state index contributed by atoms with van der Waals surface area (Å²) >= 11 is 5.97. The second-order valence-electron chi connectivity index (χ2n) is 3.95. The van der Waals surface area contributed by atoms with Gasteiger partial charge in [0.2, 0.25) is 0 Å². The van der Waals surface area contributed by atoms with E-state index in [2.05, 4.69) is 5.32 Å². The molecule has 0 atom stereocenters. The van der Waals surface area contributed by atoms with E-state index in [-0.39, 0.29) is 6.61 Å². The van der Waals surface area contributed by atoms with Gasteiger partial charge in [-0.25, -0.2) is 4.79 Å². The Hall–Kier alpha value is -1.81. The number of benzene rings is 1. The van der Waals surface area contributed by atoms with Crippen molar-refractivity contribution in [1.82, 2.24) is 0 Å². The van der Waals surface area contributed by atoms with Gasteiger partial charge in [-0.3, -0.25) is 4.79 Å². The van der Waals surface area contributed by atoms with Gasteiger partial charge >= 0.3 is 5.97 Å². The van der Waals surface area contributed by atoms with Crippen LogP contribution in [0.4, 0.5) is 5.69 Å². The van der Waals surface area contributed by atoms with Gasteiger partial charge < -0.3 is 10.1 Å². The molecule has 0 unspecified atom stereocenters. The molecule has 0 radical (unpaired) electrons. The quantitative estimate of drug-likeness (QED) is 0.666. The van der Waals surface area contributed by atoms with Crippen LogP contribution in [-0.2, 0) is 14.3 Å². The van der Waals surface area contributed by atoms with Crippen LogP contribution in [-0.4, -0.2) is 18.5 Å². The van der Waals surface area contributed by atoms with E-state index in [0.717, 1.165) is 12.0 Å². The van der Waals surface area contributed by atoms with Gasteiger partial charge in [0.15, 0.2) is 6.61 Å². The Morgan fingerprint density at radius 1 is 1.42 bits per heavy atom. The topological polar surface area (TPSA) is 55.4 Å². The Morgan fingerprint density at radius 2 is 2.16 bits per heavy atom. The molecule has 0 bridgehead atoms. The summed E-state index contributed by atoms with van der Waals surface area (Å²) in [5.41, 5.74) is 1.50. The van der Waals surface area contributed by atoms with Crippen LogP contribution in [0.2, 0.25) is 5.02 Å². The van der Waals surface area contributed by atoms with Gasteiger partial charge in [0.05, 0.1) is 10.7 Å². The number of halogens is 1. The molecule has 0 heterocycles. The molecule has 0 fully saturated rings. The highest BCUT2D eigenvalue weighted by atomic mass is 35.5. The average Bonchev–Trinajstić information content (AvgIpc) is 2.37. The van der Waals surface area contributed by atoms with Crippen LogP contribution < -0.4 is 5.32 Å². The molecular weight excluding hydrogens is 266 g/mol. The van der Waals surface area contributed by atoms with Gasteiger partial charge in [0.25, 0.3) is 5.91 Å². The third-order valence-electron chi connectivity index (χ3n) is 2.23.